The molecular weight excluding hydrogens is 176 g/mol. The highest BCUT2D eigenvalue weighted by molar-refractivity contribution is 5.06. The molecule has 1 saturated carbocycles. The van der Waals surface area contributed by atoms with Crippen molar-refractivity contribution in [2.75, 3.05) is 13.1 Å². The van der Waals surface area contributed by atoms with Crippen molar-refractivity contribution < 1.29 is 5.11 Å². The molecule has 4 N–H and O–H groups in total. The predicted molar refractivity (Wildman–Crippen MR) is 57.1 cm³/mol. The van der Waals surface area contributed by atoms with Gasteiger partial charge in [0.15, 0.2) is 0 Å². The first-order valence-corrected chi connectivity index (χ1v) is 5.88. The molecule has 0 amide bonds. The fraction of sp³-hybridized carbons (Fsp3) is 1.00. The molecule has 3 heteroatoms. The second-order valence-electron chi connectivity index (χ2n) is 5.00. The number of hydrogen-bond donors (Lipinski definition) is 3. The lowest BCUT2D eigenvalue weighted by Gasteiger charge is -2.49. The maximum atomic E-state index is 10.6. The fourth-order valence-corrected chi connectivity index (χ4v) is 2.99. The van der Waals surface area contributed by atoms with E-state index in [1.165, 1.54) is 19.3 Å². The van der Waals surface area contributed by atoms with E-state index >= 15 is 0 Å². The average molecular weight is 198 g/mol. The van der Waals surface area contributed by atoms with E-state index < -0.39 is 5.60 Å². The van der Waals surface area contributed by atoms with E-state index in [2.05, 4.69) is 5.32 Å². The van der Waals surface area contributed by atoms with Gasteiger partial charge in [-0.05, 0) is 38.8 Å². The number of rotatable bonds is 1. The zero-order valence-corrected chi connectivity index (χ0v) is 8.89. The van der Waals surface area contributed by atoms with E-state index in [9.17, 15) is 5.11 Å². The average Bonchev–Trinajstić information content (AvgIpc) is 2.20. The molecule has 1 aliphatic carbocycles. The zero-order chi connectivity index (χ0) is 10.1. The Balaban J connectivity index is 2.09. The molecule has 82 valence electrons. The Morgan fingerprint density at radius 1 is 0.929 bits per heavy atom. The van der Waals surface area contributed by atoms with Crippen LogP contribution in [0.3, 0.4) is 0 Å². The largest absolute Gasteiger partial charge is 0.388 e. The van der Waals surface area contributed by atoms with Crippen molar-refractivity contribution in [2.45, 2.75) is 56.1 Å². The third-order valence-corrected chi connectivity index (χ3v) is 4.10. The topological polar surface area (TPSA) is 58.3 Å². The van der Waals surface area contributed by atoms with Crippen LogP contribution in [0.1, 0.15) is 44.9 Å². The summed E-state index contributed by atoms with van der Waals surface area (Å²) in [6.07, 6.45) is 7.31. The summed E-state index contributed by atoms with van der Waals surface area (Å²) >= 11 is 0. The summed E-state index contributed by atoms with van der Waals surface area (Å²) in [4.78, 5) is 0. The van der Waals surface area contributed by atoms with Crippen LogP contribution in [0.15, 0.2) is 0 Å². The highest BCUT2D eigenvalue weighted by Gasteiger charge is 2.47. The van der Waals surface area contributed by atoms with Gasteiger partial charge in [-0.3, -0.25) is 0 Å². The lowest BCUT2D eigenvalue weighted by Crippen LogP contribution is -2.64. The van der Waals surface area contributed by atoms with Crippen LogP contribution in [0.5, 0.6) is 0 Å². The van der Waals surface area contributed by atoms with Crippen LogP contribution in [0, 0.1) is 0 Å². The molecule has 2 aliphatic rings. The van der Waals surface area contributed by atoms with Crippen molar-refractivity contribution in [3.63, 3.8) is 0 Å². The third kappa shape index (κ3) is 1.69. The molecule has 0 spiro atoms. The summed E-state index contributed by atoms with van der Waals surface area (Å²) < 4.78 is 0. The molecular formula is C11H22N2O. The summed E-state index contributed by atoms with van der Waals surface area (Å²) in [7, 11) is 0. The Hall–Kier alpha value is -0.120. The van der Waals surface area contributed by atoms with E-state index in [-0.39, 0.29) is 5.54 Å². The molecule has 2 fully saturated rings. The Bertz CT molecular complexity index is 171. The summed E-state index contributed by atoms with van der Waals surface area (Å²) in [6.45, 7) is 1.82. The molecule has 0 atom stereocenters. The minimum atomic E-state index is -0.599. The molecule has 0 aromatic rings. The molecule has 0 radical (unpaired) electrons. The Labute approximate surface area is 86.1 Å². The van der Waals surface area contributed by atoms with Gasteiger partial charge >= 0.3 is 0 Å². The Morgan fingerprint density at radius 2 is 1.50 bits per heavy atom. The summed E-state index contributed by atoms with van der Waals surface area (Å²) in [5.74, 6) is 0. The van der Waals surface area contributed by atoms with Gasteiger partial charge in [0, 0.05) is 5.54 Å². The SMILES string of the molecule is NC1(C2(O)CCNCC2)CCCCC1. The van der Waals surface area contributed by atoms with Gasteiger partial charge in [0.1, 0.15) is 0 Å². The van der Waals surface area contributed by atoms with Crippen molar-refractivity contribution in [3.05, 3.63) is 0 Å². The quantitative estimate of drug-likeness (QED) is 0.583. The molecule has 3 nitrogen and oxygen atoms in total. The Morgan fingerprint density at radius 3 is 2.07 bits per heavy atom. The smallest absolute Gasteiger partial charge is 0.0850 e. The van der Waals surface area contributed by atoms with E-state index in [1.54, 1.807) is 0 Å². The van der Waals surface area contributed by atoms with Crippen LogP contribution in [-0.4, -0.2) is 29.3 Å². The minimum absolute atomic E-state index is 0.298. The van der Waals surface area contributed by atoms with Crippen LogP contribution in [-0.2, 0) is 0 Å². The first-order chi connectivity index (χ1) is 6.66. The maximum absolute atomic E-state index is 10.6. The van der Waals surface area contributed by atoms with Crippen LogP contribution < -0.4 is 11.1 Å². The van der Waals surface area contributed by atoms with Gasteiger partial charge in [-0.1, -0.05) is 19.3 Å². The second kappa shape index (κ2) is 3.80. The van der Waals surface area contributed by atoms with Crippen molar-refractivity contribution in [1.82, 2.24) is 5.32 Å². The molecule has 0 bridgehead atoms. The van der Waals surface area contributed by atoms with Gasteiger partial charge in [-0.25, -0.2) is 0 Å². The molecule has 2 rings (SSSR count). The van der Waals surface area contributed by atoms with Gasteiger partial charge in [0.25, 0.3) is 0 Å². The Kier molecular flexibility index (Phi) is 2.82. The first-order valence-electron chi connectivity index (χ1n) is 5.88. The van der Waals surface area contributed by atoms with E-state index in [0.29, 0.717) is 0 Å². The first kappa shape index (κ1) is 10.4. The molecule has 14 heavy (non-hydrogen) atoms. The van der Waals surface area contributed by atoms with Gasteiger partial charge < -0.3 is 16.2 Å². The van der Waals surface area contributed by atoms with Crippen LogP contribution in [0.25, 0.3) is 0 Å². The second-order valence-corrected chi connectivity index (χ2v) is 5.00. The van der Waals surface area contributed by atoms with E-state index in [1.807, 2.05) is 0 Å². The standard InChI is InChI=1S/C11H22N2O/c12-10(4-2-1-3-5-10)11(14)6-8-13-9-7-11/h13-14H,1-9,12H2. The monoisotopic (exact) mass is 198 g/mol. The summed E-state index contributed by atoms with van der Waals surface area (Å²) in [5, 5.41) is 13.9. The number of hydrogen-bond acceptors (Lipinski definition) is 3. The molecule has 0 aromatic heterocycles. The number of nitrogens with one attached hydrogen (secondary N) is 1. The molecule has 1 aliphatic heterocycles. The summed E-state index contributed by atoms with van der Waals surface area (Å²) in [5.41, 5.74) is 5.49. The normalized spacial score (nSPS) is 31.3. The summed E-state index contributed by atoms with van der Waals surface area (Å²) in [6, 6.07) is 0. The van der Waals surface area contributed by atoms with Crippen LogP contribution in [0.4, 0.5) is 0 Å². The van der Waals surface area contributed by atoms with Crippen molar-refractivity contribution in [2.24, 2.45) is 5.73 Å². The van der Waals surface area contributed by atoms with Crippen LogP contribution >= 0.6 is 0 Å². The molecule has 1 heterocycles. The van der Waals surface area contributed by atoms with Gasteiger partial charge in [-0.15, -0.1) is 0 Å². The predicted octanol–water partition coefficient (Wildman–Crippen LogP) is 0.762. The van der Waals surface area contributed by atoms with Gasteiger partial charge in [-0.2, -0.15) is 0 Å². The van der Waals surface area contributed by atoms with E-state index in [4.69, 9.17) is 5.73 Å². The van der Waals surface area contributed by atoms with Crippen LogP contribution in [0.2, 0.25) is 0 Å². The maximum Gasteiger partial charge on any atom is 0.0850 e. The van der Waals surface area contributed by atoms with Crippen molar-refractivity contribution in [3.8, 4) is 0 Å². The van der Waals surface area contributed by atoms with E-state index in [0.717, 1.165) is 38.8 Å². The number of nitrogens with two attached hydrogens (primary N) is 1. The van der Waals surface area contributed by atoms with Crippen molar-refractivity contribution in [1.29, 1.82) is 0 Å². The number of aliphatic hydroxyl groups is 1. The minimum Gasteiger partial charge on any atom is -0.388 e. The third-order valence-electron chi connectivity index (χ3n) is 4.10. The zero-order valence-electron chi connectivity index (χ0n) is 8.89. The molecule has 0 unspecified atom stereocenters. The number of piperidine rings is 1. The highest BCUT2D eigenvalue weighted by atomic mass is 16.3. The molecule has 1 saturated heterocycles. The lowest BCUT2D eigenvalue weighted by atomic mass is 9.67. The lowest BCUT2D eigenvalue weighted by molar-refractivity contribution is -0.0727. The van der Waals surface area contributed by atoms with Crippen molar-refractivity contribution >= 4 is 0 Å². The fourth-order valence-electron chi connectivity index (χ4n) is 2.99. The van der Waals surface area contributed by atoms with Gasteiger partial charge in [0.05, 0.1) is 5.60 Å². The highest BCUT2D eigenvalue weighted by Crippen LogP contribution is 2.39. The molecule has 0 aromatic carbocycles. The van der Waals surface area contributed by atoms with Gasteiger partial charge in [0.2, 0.25) is 0 Å².